The van der Waals surface area contributed by atoms with Crippen molar-refractivity contribution in [2.75, 3.05) is 4.72 Å². The molecule has 16 heavy (non-hydrogen) atoms. The summed E-state index contributed by atoms with van der Waals surface area (Å²) in [5.41, 5.74) is 0.409. The van der Waals surface area contributed by atoms with Crippen LogP contribution in [0.5, 0.6) is 0 Å². The van der Waals surface area contributed by atoms with E-state index in [1.807, 2.05) is 0 Å². The van der Waals surface area contributed by atoms with Gasteiger partial charge in [-0.15, -0.1) is 0 Å². The Morgan fingerprint density at radius 3 is 2.69 bits per heavy atom. The number of nitrogens with zero attached hydrogens (tertiary/aromatic N) is 1. The van der Waals surface area contributed by atoms with Crippen LogP contribution < -0.4 is 4.72 Å². The van der Waals surface area contributed by atoms with Crippen molar-refractivity contribution < 1.29 is 8.42 Å². The van der Waals surface area contributed by atoms with Gasteiger partial charge in [-0.3, -0.25) is 9.71 Å². The van der Waals surface area contributed by atoms with Gasteiger partial charge in [-0.1, -0.05) is 18.2 Å². The van der Waals surface area contributed by atoms with Crippen molar-refractivity contribution in [2.45, 2.75) is 4.90 Å². The molecule has 5 heteroatoms. The van der Waals surface area contributed by atoms with Gasteiger partial charge in [0.2, 0.25) is 0 Å². The zero-order valence-corrected chi connectivity index (χ0v) is 9.11. The summed E-state index contributed by atoms with van der Waals surface area (Å²) in [6.45, 7) is 0. The van der Waals surface area contributed by atoms with Gasteiger partial charge < -0.3 is 0 Å². The average Bonchev–Trinajstić information content (AvgIpc) is 2.31. The Bertz CT molecular complexity index is 553. The van der Waals surface area contributed by atoms with Crippen molar-refractivity contribution in [1.82, 2.24) is 4.98 Å². The molecular formula is C11H9N2O2S. The summed E-state index contributed by atoms with van der Waals surface area (Å²) in [4.78, 5) is 3.89. The van der Waals surface area contributed by atoms with Crippen molar-refractivity contribution in [3.8, 4) is 0 Å². The molecule has 81 valence electrons. The summed E-state index contributed by atoms with van der Waals surface area (Å²) >= 11 is 0. The van der Waals surface area contributed by atoms with E-state index in [1.54, 1.807) is 30.3 Å². The highest BCUT2D eigenvalue weighted by molar-refractivity contribution is 7.92. The molecular weight excluding hydrogens is 224 g/mol. The molecule has 0 unspecified atom stereocenters. The van der Waals surface area contributed by atoms with Crippen molar-refractivity contribution in [2.24, 2.45) is 0 Å². The van der Waals surface area contributed by atoms with Crippen LogP contribution in [0.1, 0.15) is 0 Å². The molecule has 0 atom stereocenters. The molecule has 0 aliphatic heterocycles. The van der Waals surface area contributed by atoms with Crippen molar-refractivity contribution >= 4 is 15.7 Å². The summed E-state index contributed by atoms with van der Waals surface area (Å²) < 4.78 is 26.1. The maximum atomic E-state index is 11.8. The van der Waals surface area contributed by atoms with E-state index in [9.17, 15) is 8.42 Å². The molecule has 0 aliphatic rings. The van der Waals surface area contributed by atoms with E-state index in [2.05, 4.69) is 15.8 Å². The number of para-hydroxylation sites is 1. The summed E-state index contributed by atoms with van der Waals surface area (Å²) in [5.74, 6) is 0. The number of pyridine rings is 1. The van der Waals surface area contributed by atoms with Gasteiger partial charge in [0.1, 0.15) is 4.90 Å². The van der Waals surface area contributed by atoms with Crippen molar-refractivity contribution in [3.63, 3.8) is 0 Å². The number of sulfonamides is 1. The fourth-order valence-corrected chi connectivity index (χ4v) is 2.16. The van der Waals surface area contributed by atoms with E-state index in [-0.39, 0.29) is 4.90 Å². The Morgan fingerprint density at radius 1 is 1.19 bits per heavy atom. The van der Waals surface area contributed by atoms with Gasteiger partial charge >= 0.3 is 0 Å². The Balaban J connectivity index is 2.29. The van der Waals surface area contributed by atoms with Crippen LogP contribution >= 0.6 is 0 Å². The Labute approximate surface area is 94.0 Å². The monoisotopic (exact) mass is 233 g/mol. The number of aromatic nitrogens is 1. The van der Waals surface area contributed by atoms with Gasteiger partial charge in [-0.25, -0.2) is 8.42 Å². The normalized spacial score (nSPS) is 11.0. The fourth-order valence-electron chi connectivity index (χ4n) is 1.17. The van der Waals surface area contributed by atoms with Crippen molar-refractivity contribution in [1.29, 1.82) is 0 Å². The first-order chi connectivity index (χ1) is 7.68. The van der Waals surface area contributed by atoms with Crippen LogP contribution in [0.15, 0.2) is 53.7 Å². The molecule has 2 rings (SSSR count). The zero-order valence-electron chi connectivity index (χ0n) is 8.29. The van der Waals surface area contributed by atoms with Crippen LogP contribution in [0.3, 0.4) is 0 Å². The SMILES string of the molecule is O=S(=O)(Nc1[c]cccc1)c1cccnc1. The summed E-state index contributed by atoms with van der Waals surface area (Å²) in [6, 6.07) is 12.6. The van der Waals surface area contributed by atoms with Gasteiger partial charge in [-0.05, 0) is 18.2 Å². The third kappa shape index (κ3) is 2.38. The van der Waals surface area contributed by atoms with E-state index in [0.29, 0.717) is 5.69 Å². The first-order valence-corrected chi connectivity index (χ1v) is 6.06. The number of nitrogens with one attached hydrogen (secondary N) is 1. The molecule has 0 spiro atoms. The second kappa shape index (κ2) is 4.32. The number of hydrogen-bond acceptors (Lipinski definition) is 3. The topological polar surface area (TPSA) is 59.1 Å². The van der Waals surface area contributed by atoms with Crippen LogP contribution in [0.2, 0.25) is 0 Å². The minimum atomic E-state index is -3.56. The number of hydrogen-bond donors (Lipinski definition) is 1. The second-order valence-electron chi connectivity index (χ2n) is 3.07. The molecule has 1 aromatic heterocycles. The van der Waals surface area contributed by atoms with E-state index in [0.717, 1.165) is 0 Å². The van der Waals surface area contributed by atoms with Crippen molar-refractivity contribution in [3.05, 3.63) is 54.9 Å². The summed E-state index contributed by atoms with van der Waals surface area (Å²) in [5, 5.41) is 0. The molecule has 1 aromatic carbocycles. The molecule has 0 fully saturated rings. The largest absolute Gasteiger partial charge is 0.279 e. The zero-order chi connectivity index (χ0) is 11.4. The maximum Gasteiger partial charge on any atom is 0.263 e. The first kappa shape index (κ1) is 10.6. The van der Waals surface area contributed by atoms with Crippen LogP contribution in [0.25, 0.3) is 0 Å². The highest BCUT2D eigenvalue weighted by atomic mass is 32.2. The third-order valence-corrected chi connectivity index (χ3v) is 3.25. The molecule has 0 aliphatic carbocycles. The molecule has 0 saturated heterocycles. The minimum Gasteiger partial charge on any atom is -0.279 e. The number of rotatable bonds is 3. The highest BCUT2D eigenvalue weighted by Gasteiger charge is 2.13. The molecule has 2 aromatic rings. The molecule has 0 saturated carbocycles. The van der Waals surface area contributed by atoms with Crippen LogP contribution in [-0.2, 0) is 10.0 Å². The molecule has 1 heterocycles. The standard InChI is InChI=1S/C11H9N2O2S/c14-16(15,11-7-4-8-12-9-11)13-10-5-2-1-3-6-10/h1-5,7-9,13H. The quantitative estimate of drug-likeness (QED) is 0.877. The average molecular weight is 233 g/mol. The molecule has 4 nitrogen and oxygen atoms in total. The van der Waals surface area contributed by atoms with Crippen LogP contribution in [-0.4, -0.2) is 13.4 Å². The predicted octanol–water partition coefficient (Wildman–Crippen LogP) is 1.68. The molecule has 1 radical (unpaired) electrons. The lowest BCUT2D eigenvalue weighted by molar-refractivity contribution is 0.601. The van der Waals surface area contributed by atoms with E-state index in [1.165, 1.54) is 18.5 Å². The van der Waals surface area contributed by atoms with Gasteiger partial charge in [0.15, 0.2) is 0 Å². The predicted molar refractivity (Wildman–Crippen MR) is 60.3 cm³/mol. The molecule has 0 amide bonds. The van der Waals surface area contributed by atoms with E-state index < -0.39 is 10.0 Å². The first-order valence-electron chi connectivity index (χ1n) is 4.58. The second-order valence-corrected chi connectivity index (χ2v) is 4.75. The molecule has 1 N–H and O–H groups in total. The fraction of sp³-hybridized carbons (Fsp3) is 0. The van der Waals surface area contributed by atoms with Gasteiger partial charge in [0.05, 0.1) is 5.69 Å². The lowest BCUT2D eigenvalue weighted by atomic mass is 10.3. The lowest BCUT2D eigenvalue weighted by Crippen LogP contribution is -2.12. The Hall–Kier alpha value is -1.88. The summed E-state index contributed by atoms with van der Waals surface area (Å²) in [7, 11) is -3.56. The van der Waals surface area contributed by atoms with Gasteiger partial charge in [-0.2, -0.15) is 0 Å². The minimum absolute atomic E-state index is 0.132. The van der Waals surface area contributed by atoms with Gasteiger partial charge in [0.25, 0.3) is 10.0 Å². The third-order valence-electron chi connectivity index (χ3n) is 1.90. The van der Waals surface area contributed by atoms with E-state index in [4.69, 9.17) is 0 Å². The Morgan fingerprint density at radius 2 is 2.06 bits per heavy atom. The lowest BCUT2D eigenvalue weighted by Gasteiger charge is -2.06. The maximum absolute atomic E-state index is 11.8. The van der Waals surface area contributed by atoms with Crippen LogP contribution in [0.4, 0.5) is 5.69 Å². The smallest absolute Gasteiger partial charge is 0.263 e. The highest BCUT2D eigenvalue weighted by Crippen LogP contribution is 2.13. The van der Waals surface area contributed by atoms with Crippen LogP contribution in [0, 0.1) is 6.07 Å². The molecule has 0 bridgehead atoms. The van der Waals surface area contributed by atoms with E-state index >= 15 is 0 Å². The Kier molecular flexibility index (Phi) is 2.87. The van der Waals surface area contributed by atoms with Gasteiger partial charge in [0, 0.05) is 18.5 Å². The number of anilines is 1. The number of benzene rings is 1. The summed E-state index contributed by atoms with van der Waals surface area (Å²) in [6.07, 6.45) is 2.82.